The van der Waals surface area contributed by atoms with Crippen LogP contribution in [0.3, 0.4) is 0 Å². The molecule has 0 rings (SSSR count). The van der Waals surface area contributed by atoms with Gasteiger partial charge in [-0.25, -0.2) is 0 Å². The molecule has 0 N–H and O–H groups in total. The average Bonchev–Trinajstić information content (AvgIpc) is 3.18. The van der Waals surface area contributed by atoms with Crippen molar-refractivity contribution in [2.24, 2.45) is 0 Å². The Kier molecular flexibility index (Phi) is 42.4. The maximum absolute atomic E-state index is 12.6. The first kappa shape index (κ1) is 52.6. The Labute approximate surface area is 340 Å². The zero-order chi connectivity index (χ0) is 40.1. The number of unbranched alkanes of at least 4 members (excludes halogenated alkanes) is 25. The number of esters is 3. The van der Waals surface area contributed by atoms with Crippen LogP contribution in [0.4, 0.5) is 0 Å². The number of rotatable bonds is 42. The second-order valence-corrected chi connectivity index (χ2v) is 15.7. The Morgan fingerprint density at radius 1 is 0.364 bits per heavy atom. The van der Waals surface area contributed by atoms with Crippen LogP contribution in [0.5, 0.6) is 0 Å². The number of carbonyl (C=O) groups excluding carboxylic acids is 3. The number of hydrogen-bond donors (Lipinski definition) is 0. The fourth-order valence-corrected chi connectivity index (χ4v) is 6.51. The van der Waals surface area contributed by atoms with Crippen molar-refractivity contribution in [1.82, 2.24) is 0 Å². The topological polar surface area (TPSA) is 78.9 Å². The molecule has 320 valence electrons. The summed E-state index contributed by atoms with van der Waals surface area (Å²) >= 11 is 0. The molecular weight excluding hydrogens is 685 g/mol. The largest absolute Gasteiger partial charge is 0.462 e. The summed E-state index contributed by atoms with van der Waals surface area (Å²) in [5, 5.41) is 0. The van der Waals surface area contributed by atoms with E-state index in [1.165, 1.54) is 116 Å². The van der Waals surface area contributed by atoms with Gasteiger partial charge in [-0.15, -0.1) is 0 Å². The molecule has 0 radical (unpaired) electrons. The number of allylic oxidation sites excluding steroid dienone is 6. The summed E-state index contributed by atoms with van der Waals surface area (Å²) in [6.07, 6.45) is 50.2. The van der Waals surface area contributed by atoms with Gasteiger partial charge in [-0.3, -0.25) is 14.4 Å². The zero-order valence-corrected chi connectivity index (χ0v) is 36.4. The smallest absolute Gasteiger partial charge is 0.306 e. The van der Waals surface area contributed by atoms with E-state index in [0.717, 1.165) is 83.5 Å². The van der Waals surface area contributed by atoms with Gasteiger partial charge in [0, 0.05) is 19.3 Å². The summed E-state index contributed by atoms with van der Waals surface area (Å²) < 4.78 is 16.6. The molecule has 0 amide bonds. The molecule has 1 unspecified atom stereocenters. The summed E-state index contributed by atoms with van der Waals surface area (Å²) in [4.78, 5) is 37.5. The molecule has 6 heteroatoms. The lowest BCUT2D eigenvalue weighted by Crippen LogP contribution is -2.30. The quantitative estimate of drug-likeness (QED) is 0.0266. The molecule has 0 aliphatic carbocycles. The predicted octanol–water partition coefficient (Wildman–Crippen LogP) is 15.0. The van der Waals surface area contributed by atoms with Crippen LogP contribution in [0.15, 0.2) is 36.5 Å². The van der Waals surface area contributed by atoms with E-state index in [2.05, 4.69) is 57.2 Å². The van der Waals surface area contributed by atoms with Crippen molar-refractivity contribution in [1.29, 1.82) is 0 Å². The van der Waals surface area contributed by atoms with Gasteiger partial charge in [0.2, 0.25) is 0 Å². The van der Waals surface area contributed by atoms with Crippen LogP contribution in [-0.4, -0.2) is 37.2 Å². The highest BCUT2D eigenvalue weighted by molar-refractivity contribution is 5.71. The van der Waals surface area contributed by atoms with Gasteiger partial charge in [-0.05, 0) is 70.6 Å². The SMILES string of the molecule is CCCC/C=C\CCCCCCCC(=O)OC(COC(=O)CCCCCCC)COC(=O)CCCCCCCCCCC/C=C\C/C=C\CCCCCCC. The van der Waals surface area contributed by atoms with Crippen LogP contribution in [0.25, 0.3) is 0 Å². The molecule has 0 bridgehead atoms. The van der Waals surface area contributed by atoms with E-state index in [9.17, 15) is 14.4 Å². The van der Waals surface area contributed by atoms with E-state index in [1.807, 2.05) is 0 Å². The van der Waals surface area contributed by atoms with Gasteiger partial charge in [-0.2, -0.15) is 0 Å². The molecule has 0 saturated carbocycles. The van der Waals surface area contributed by atoms with Gasteiger partial charge in [0.05, 0.1) is 0 Å². The molecule has 0 aromatic rings. The van der Waals surface area contributed by atoms with Crippen molar-refractivity contribution in [2.45, 2.75) is 245 Å². The molecule has 0 spiro atoms. The van der Waals surface area contributed by atoms with Gasteiger partial charge >= 0.3 is 17.9 Å². The molecular formula is C49H88O6. The Morgan fingerprint density at radius 2 is 0.673 bits per heavy atom. The second-order valence-electron chi connectivity index (χ2n) is 15.7. The molecule has 0 aromatic carbocycles. The van der Waals surface area contributed by atoms with Crippen LogP contribution in [-0.2, 0) is 28.6 Å². The highest BCUT2D eigenvalue weighted by Crippen LogP contribution is 2.14. The summed E-state index contributed by atoms with van der Waals surface area (Å²) in [6, 6.07) is 0. The fraction of sp³-hybridized carbons (Fsp3) is 0.816. The third-order valence-electron chi connectivity index (χ3n) is 10.1. The summed E-state index contributed by atoms with van der Waals surface area (Å²) in [5.41, 5.74) is 0. The zero-order valence-electron chi connectivity index (χ0n) is 36.4. The molecule has 0 aliphatic heterocycles. The lowest BCUT2D eigenvalue weighted by molar-refractivity contribution is -0.167. The molecule has 0 aliphatic rings. The summed E-state index contributed by atoms with van der Waals surface area (Å²) in [7, 11) is 0. The first-order valence-corrected chi connectivity index (χ1v) is 23.5. The first-order chi connectivity index (χ1) is 27.0. The van der Waals surface area contributed by atoms with Crippen LogP contribution in [0, 0.1) is 0 Å². The number of carbonyl (C=O) groups is 3. The fourth-order valence-electron chi connectivity index (χ4n) is 6.51. The third-order valence-corrected chi connectivity index (χ3v) is 10.1. The van der Waals surface area contributed by atoms with E-state index in [1.54, 1.807) is 0 Å². The number of ether oxygens (including phenoxy) is 3. The molecule has 55 heavy (non-hydrogen) atoms. The van der Waals surface area contributed by atoms with Crippen molar-refractivity contribution < 1.29 is 28.6 Å². The van der Waals surface area contributed by atoms with Crippen molar-refractivity contribution in [3.63, 3.8) is 0 Å². The Morgan fingerprint density at radius 3 is 1.07 bits per heavy atom. The minimum Gasteiger partial charge on any atom is -0.462 e. The maximum Gasteiger partial charge on any atom is 0.306 e. The van der Waals surface area contributed by atoms with E-state index >= 15 is 0 Å². The lowest BCUT2D eigenvalue weighted by Gasteiger charge is -2.18. The van der Waals surface area contributed by atoms with Crippen LogP contribution >= 0.6 is 0 Å². The van der Waals surface area contributed by atoms with E-state index in [0.29, 0.717) is 19.3 Å². The molecule has 0 fully saturated rings. The number of hydrogen-bond acceptors (Lipinski definition) is 6. The maximum atomic E-state index is 12.6. The van der Waals surface area contributed by atoms with Gasteiger partial charge in [0.25, 0.3) is 0 Å². The minimum absolute atomic E-state index is 0.0771. The normalized spacial score (nSPS) is 12.3. The van der Waals surface area contributed by atoms with Gasteiger partial charge in [0.15, 0.2) is 6.10 Å². The standard InChI is InChI=1S/C49H88O6/c1-4-7-10-13-15-17-19-20-21-22-23-24-25-26-27-28-30-31-33-36-39-42-48(51)54-45-46(44-53-47(50)41-38-35-12-9-6-3)55-49(52)43-40-37-34-32-29-18-16-14-11-8-5-2/h14,16,19-20,22-23,46H,4-13,15,17-18,21,24-45H2,1-3H3/b16-14-,20-19-,23-22-. The van der Waals surface area contributed by atoms with Crippen LogP contribution < -0.4 is 0 Å². The third kappa shape index (κ3) is 42.6. The monoisotopic (exact) mass is 773 g/mol. The predicted molar refractivity (Wildman–Crippen MR) is 233 cm³/mol. The van der Waals surface area contributed by atoms with Crippen molar-refractivity contribution in [2.75, 3.05) is 13.2 Å². The van der Waals surface area contributed by atoms with Gasteiger partial charge < -0.3 is 14.2 Å². The van der Waals surface area contributed by atoms with Crippen molar-refractivity contribution >= 4 is 17.9 Å². The highest BCUT2D eigenvalue weighted by Gasteiger charge is 2.19. The molecule has 1 atom stereocenters. The molecule has 0 saturated heterocycles. The first-order valence-electron chi connectivity index (χ1n) is 23.5. The molecule has 6 nitrogen and oxygen atoms in total. The Hall–Kier alpha value is -2.37. The van der Waals surface area contributed by atoms with Crippen LogP contribution in [0.2, 0.25) is 0 Å². The van der Waals surface area contributed by atoms with E-state index < -0.39 is 6.10 Å². The Balaban J connectivity index is 4.13. The van der Waals surface area contributed by atoms with Gasteiger partial charge in [-0.1, -0.05) is 186 Å². The summed E-state index contributed by atoms with van der Waals surface area (Å²) in [5.74, 6) is -0.903. The van der Waals surface area contributed by atoms with Crippen LogP contribution in [0.1, 0.15) is 239 Å². The second kappa shape index (κ2) is 44.3. The minimum atomic E-state index is -0.770. The Bertz CT molecular complexity index is 938. The van der Waals surface area contributed by atoms with E-state index in [4.69, 9.17) is 14.2 Å². The van der Waals surface area contributed by atoms with Crippen molar-refractivity contribution in [3.05, 3.63) is 36.5 Å². The lowest BCUT2D eigenvalue weighted by atomic mass is 10.1. The molecule has 0 heterocycles. The summed E-state index contributed by atoms with van der Waals surface area (Å²) in [6.45, 7) is 6.49. The van der Waals surface area contributed by atoms with E-state index in [-0.39, 0.29) is 31.1 Å². The highest BCUT2D eigenvalue weighted by atomic mass is 16.6. The van der Waals surface area contributed by atoms with Gasteiger partial charge in [0.1, 0.15) is 13.2 Å². The molecule has 0 aromatic heterocycles. The van der Waals surface area contributed by atoms with Crippen molar-refractivity contribution in [3.8, 4) is 0 Å². The average molecular weight is 773 g/mol.